The number of aromatic nitrogens is 2. The van der Waals surface area contributed by atoms with Crippen LogP contribution in [0.1, 0.15) is 44.6 Å². The molecule has 7 nitrogen and oxygen atoms in total. The predicted molar refractivity (Wildman–Crippen MR) is 164 cm³/mol. The molecule has 0 unspecified atom stereocenters. The Morgan fingerprint density at radius 3 is 2.70 bits per heavy atom. The predicted octanol–water partition coefficient (Wildman–Crippen LogP) is 5.89. The molecule has 4 fully saturated rings. The van der Waals surface area contributed by atoms with Crippen molar-refractivity contribution < 1.29 is 23.0 Å². The van der Waals surface area contributed by atoms with Gasteiger partial charge in [0, 0.05) is 43.5 Å². The van der Waals surface area contributed by atoms with E-state index in [9.17, 15) is 9.50 Å². The highest BCUT2D eigenvalue weighted by atomic mass is 19.1. The van der Waals surface area contributed by atoms with Gasteiger partial charge in [0.05, 0.1) is 11.1 Å². The number of hydrogen-bond acceptors (Lipinski definition) is 7. The minimum absolute atomic E-state index is 0.00776. The van der Waals surface area contributed by atoms with E-state index in [0.29, 0.717) is 49.1 Å². The maximum absolute atomic E-state index is 16.9. The van der Waals surface area contributed by atoms with Crippen LogP contribution in [0.2, 0.25) is 0 Å². The third-order valence-corrected chi connectivity index (χ3v) is 10.3. The molecule has 3 aromatic carbocycles. The summed E-state index contributed by atoms with van der Waals surface area (Å²) in [5.74, 6) is -1.20. The number of rotatable bonds is 6. The third kappa shape index (κ3) is 4.48. The van der Waals surface area contributed by atoms with Crippen molar-refractivity contribution in [1.29, 1.82) is 0 Å². The van der Waals surface area contributed by atoms with E-state index in [1.54, 1.807) is 6.07 Å². The minimum Gasteiger partial charge on any atom is -0.508 e. The van der Waals surface area contributed by atoms with Crippen molar-refractivity contribution in [3.05, 3.63) is 53.6 Å². The highest BCUT2D eigenvalue weighted by Crippen LogP contribution is 2.43. The minimum atomic E-state index is -0.906. The molecule has 10 heteroatoms. The molecule has 230 valence electrons. The highest BCUT2D eigenvalue weighted by Gasteiger charge is 2.49. The van der Waals surface area contributed by atoms with Crippen molar-refractivity contribution in [3.63, 3.8) is 0 Å². The quantitative estimate of drug-likeness (QED) is 0.285. The molecule has 4 atom stereocenters. The van der Waals surface area contributed by atoms with Gasteiger partial charge in [0.15, 0.2) is 5.82 Å². The lowest BCUT2D eigenvalue weighted by Gasteiger charge is -2.34. The summed E-state index contributed by atoms with van der Waals surface area (Å²) in [5, 5.41) is 15.8. The number of aromatic hydroxyl groups is 1. The summed E-state index contributed by atoms with van der Waals surface area (Å²) < 4.78 is 53.8. The monoisotopic (exact) mass is 603 g/mol. The fraction of sp³-hybridized carbons (Fsp3) is 0.471. The van der Waals surface area contributed by atoms with Crippen LogP contribution in [-0.2, 0) is 6.42 Å². The number of nitrogens with zero attached hydrogens (tertiary/aromatic N) is 4. The van der Waals surface area contributed by atoms with E-state index in [2.05, 4.69) is 20.1 Å². The van der Waals surface area contributed by atoms with Crippen molar-refractivity contribution in [2.45, 2.75) is 69.2 Å². The Kier molecular flexibility index (Phi) is 6.64. The maximum Gasteiger partial charge on any atom is 0.319 e. The number of hydrogen-bond donors (Lipinski definition) is 2. The summed E-state index contributed by atoms with van der Waals surface area (Å²) in [6.07, 6.45) is 4.00. The first-order chi connectivity index (χ1) is 21.3. The second-order valence-electron chi connectivity index (χ2n) is 13.0. The van der Waals surface area contributed by atoms with E-state index in [1.165, 1.54) is 12.1 Å². The standard InChI is InChI=1S/C34H36F3N5O2/c1-2-19-5-3-6-20-11-24(43)12-25(28(19)20)29-27(36)13-26-31(30(29)37)39-33(40-32(26)41-16-22-7-8-23(17-41)38-22)44-18-34-9-4-10-42(34)15-21(35)14-34/h3,5-6,11-13,21-23,38,43H,2,4,7-10,14-18H2,1H3/t21-,22-,23+,34+/m1/s1. The van der Waals surface area contributed by atoms with E-state index in [0.717, 1.165) is 37.8 Å². The molecular formula is C34H36F3N5O2. The van der Waals surface area contributed by atoms with Crippen molar-refractivity contribution >= 4 is 27.5 Å². The number of phenolic OH excluding ortho intramolecular Hbond substituents is 1. The van der Waals surface area contributed by atoms with Gasteiger partial charge in [-0.1, -0.05) is 25.1 Å². The van der Waals surface area contributed by atoms with E-state index >= 15 is 8.78 Å². The maximum atomic E-state index is 16.9. The summed E-state index contributed by atoms with van der Waals surface area (Å²) in [6.45, 7) is 4.73. The van der Waals surface area contributed by atoms with Gasteiger partial charge >= 0.3 is 6.01 Å². The average Bonchev–Trinajstić information content (AvgIpc) is 3.65. The largest absolute Gasteiger partial charge is 0.508 e. The Morgan fingerprint density at radius 2 is 1.91 bits per heavy atom. The van der Waals surface area contributed by atoms with Gasteiger partial charge < -0.3 is 20.1 Å². The Balaban J connectivity index is 1.29. The molecular weight excluding hydrogens is 567 g/mol. The summed E-state index contributed by atoms with van der Waals surface area (Å²) in [4.78, 5) is 13.6. The zero-order chi connectivity index (χ0) is 30.2. The van der Waals surface area contributed by atoms with Gasteiger partial charge in [-0.2, -0.15) is 9.97 Å². The molecule has 4 aliphatic rings. The number of fused-ring (bicyclic) bond motifs is 5. The molecule has 0 amide bonds. The lowest BCUT2D eigenvalue weighted by molar-refractivity contribution is 0.107. The first kappa shape index (κ1) is 27.9. The fourth-order valence-corrected chi connectivity index (χ4v) is 8.31. The van der Waals surface area contributed by atoms with Gasteiger partial charge in [-0.3, -0.25) is 4.90 Å². The molecule has 4 aliphatic heterocycles. The van der Waals surface area contributed by atoms with Crippen LogP contribution >= 0.6 is 0 Å². The summed E-state index contributed by atoms with van der Waals surface area (Å²) in [5.41, 5.74) is 0.497. The highest BCUT2D eigenvalue weighted by molar-refractivity contribution is 6.03. The summed E-state index contributed by atoms with van der Waals surface area (Å²) in [6, 6.07) is 10.5. The summed E-state index contributed by atoms with van der Waals surface area (Å²) in [7, 11) is 0. The Morgan fingerprint density at radius 1 is 1.09 bits per heavy atom. The third-order valence-electron chi connectivity index (χ3n) is 10.3. The van der Waals surface area contributed by atoms with E-state index in [4.69, 9.17) is 9.72 Å². The van der Waals surface area contributed by atoms with Gasteiger partial charge in [-0.25, -0.2) is 13.2 Å². The molecule has 2 bridgehead atoms. The molecule has 0 spiro atoms. The fourth-order valence-electron chi connectivity index (χ4n) is 8.31. The number of ether oxygens (including phenoxy) is 1. The summed E-state index contributed by atoms with van der Waals surface area (Å²) >= 11 is 0. The van der Waals surface area contributed by atoms with Gasteiger partial charge in [-0.05, 0) is 78.7 Å². The van der Waals surface area contributed by atoms with E-state index in [-0.39, 0.29) is 52.5 Å². The van der Waals surface area contributed by atoms with Crippen LogP contribution in [0.15, 0.2) is 36.4 Å². The van der Waals surface area contributed by atoms with Crippen LogP contribution in [0, 0.1) is 11.6 Å². The molecule has 0 aliphatic carbocycles. The molecule has 2 N–H and O–H groups in total. The first-order valence-electron chi connectivity index (χ1n) is 15.8. The van der Waals surface area contributed by atoms with Crippen molar-refractivity contribution in [2.24, 2.45) is 0 Å². The normalized spacial score (nSPS) is 26.6. The topological polar surface area (TPSA) is 73.8 Å². The van der Waals surface area contributed by atoms with Gasteiger partial charge in [0.2, 0.25) is 0 Å². The molecule has 4 aromatic rings. The SMILES string of the molecule is CCc1cccc2cc(O)cc(-c3c(F)cc4c(N5C[C@H]6CC[C@@H](C5)N6)nc(OC[C@@]56CCCN5C[C@H](F)C6)nc4c3F)c12. The second-order valence-corrected chi connectivity index (χ2v) is 13.0. The number of piperazine rings is 1. The molecule has 0 radical (unpaired) electrons. The molecule has 0 saturated carbocycles. The number of aryl methyl sites for hydroxylation is 1. The van der Waals surface area contributed by atoms with Crippen LogP contribution in [0.5, 0.6) is 11.8 Å². The number of alkyl halides is 1. The van der Waals surface area contributed by atoms with Crippen LogP contribution in [-0.4, -0.2) is 76.6 Å². The van der Waals surface area contributed by atoms with E-state index < -0.39 is 23.3 Å². The van der Waals surface area contributed by atoms with Crippen LogP contribution in [0.3, 0.4) is 0 Å². The zero-order valence-electron chi connectivity index (χ0n) is 24.8. The molecule has 44 heavy (non-hydrogen) atoms. The van der Waals surface area contributed by atoms with Crippen LogP contribution < -0.4 is 15.0 Å². The molecule has 1 aromatic heterocycles. The van der Waals surface area contributed by atoms with Crippen LogP contribution in [0.4, 0.5) is 19.0 Å². The second kappa shape index (κ2) is 10.5. The molecule has 5 heterocycles. The van der Waals surface area contributed by atoms with Gasteiger partial charge in [-0.15, -0.1) is 0 Å². The number of nitrogens with one attached hydrogen (secondary N) is 1. The lowest BCUT2D eigenvalue weighted by Crippen LogP contribution is -2.51. The Labute approximate surface area is 254 Å². The number of benzene rings is 3. The van der Waals surface area contributed by atoms with Gasteiger partial charge in [0.1, 0.15) is 35.7 Å². The van der Waals surface area contributed by atoms with Crippen molar-refractivity contribution in [3.8, 4) is 22.9 Å². The number of phenols is 1. The molecule has 4 saturated heterocycles. The smallest absolute Gasteiger partial charge is 0.319 e. The lowest BCUT2D eigenvalue weighted by atomic mass is 9.92. The Bertz CT molecular complexity index is 1770. The molecule has 8 rings (SSSR count). The van der Waals surface area contributed by atoms with E-state index in [1.807, 2.05) is 25.1 Å². The Hall–Kier alpha value is -3.63. The van der Waals surface area contributed by atoms with Crippen molar-refractivity contribution in [2.75, 3.05) is 37.7 Å². The first-order valence-corrected chi connectivity index (χ1v) is 15.8. The average molecular weight is 604 g/mol. The number of anilines is 1. The van der Waals surface area contributed by atoms with Gasteiger partial charge in [0.25, 0.3) is 0 Å². The number of halogens is 3. The van der Waals surface area contributed by atoms with Crippen molar-refractivity contribution in [1.82, 2.24) is 20.2 Å². The van der Waals surface area contributed by atoms with Crippen LogP contribution in [0.25, 0.3) is 32.8 Å². The zero-order valence-corrected chi connectivity index (χ0v) is 24.8.